The lowest BCUT2D eigenvalue weighted by molar-refractivity contribution is 0.0600. The molecule has 0 atom stereocenters. The predicted molar refractivity (Wildman–Crippen MR) is 96.9 cm³/mol. The van der Waals surface area contributed by atoms with E-state index in [2.05, 4.69) is 10.1 Å². The molecule has 142 valence electrons. The van der Waals surface area contributed by atoms with Gasteiger partial charge in [-0.05, 0) is 36.4 Å². The summed E-state index contributed by atoms with van der Waals surface area (Å²) >= 11 is 0. The summed E-state index contributed by atoms with van der Waals surface area (Å²) in [5, 5.41) is 2.74. The first-order valence-corrected chi connectivity index (χ1v) is 8.43. The second-order valence-corrected chi connectivity index (χ2v) is 6.04. The number of hydrogen-bond donors (Lipinski definition) is 1. The van der Waals surface area contributed by atoms with Gasteiger partial charge in [-0.15, -0.1) is 0 Å². The Bertz CT molecular complexity index is 814. The Labute approximate surface area is 155 Å². The van der Waals surface area contributed by atoms with Gasteiger partial charge in [-0.25, -0.2) is 18.4 Å². The average molecular weight is 375 g/mol. The van der Waals surface area contributed by atoms with Gasteiger partial charge in [-0.1, -0.05) is 6.07 Å². The van der Waals surface area contributed by atoms with Crippen LogP contribution in [0.25, 0.3) is 0 Å². The second kappa shape index (κ2) is 8.03. The van der Waals surface area contributed by atoms with Crippen LogP contribution in [0.3, 0.4) is 0 Å². The molecule has 0 unspecified atom stereocenters. The fourth-order valence-electron chi connectivity index (χ4n) is 2.93. The standard InChI is InChI=1S/C19H19F2N3O3/c1-27-18(25)13-5-7-14(8-6-13)22-19(26)24-11-9-23(10-12-24)17-15(20)3-2-4-16(17)21/h2-8H,9-12H2,1H3,(H,22,26). The van der Waals surface area contributed by atoms with Crippen molar-refractivity contribution in [1.82, 2.24) is 4.90 Å². The van der Waals surface area contributed by atoms with Crippen molar-refractivity contribution in [3.8, 4) is 0 Å². The smallest absolute Gasteiger partial charge is 0.337 e. The number of methoxy groups -OCH3 is 1. The quantitative estimate of drug-likeness (QED) is 0.838. The van der Waals surface area contributed by atoms with E-state index in [0.29, 0.717) is 37.4 Å². The van der Waals surface area contributed by atoms with Crippen LogP contribution in [-0.4, -0.2) is 50.2 Å². The number of benzene rings is 2. The summed E-state index contributed by atoms with van der Waals surface area (Å²) < 4.78 is 32.4. The third-order valence-corrected chi connectivity index (χ3v) is 4.38. The number of hydrogen-bond acceptors (Lipinski definition) is 4. The molecule has 1 fully saturated rings. The number of para-hydroxylation sites is 1. The molecule has 0 radical (unpaired) electrons. The Kier molecular flexibility index (Phi) is 5.54. The lowest BCUT2D eigenvalue weighted by Crippen LogP contribution is -2.50. The fourth-order valence-corrected chi connectivity index (χ4v) is 2.93. The van der Waals surface area contributed by atoms with Gasteiger partial charge in [-0.3, -0.25) is 0 Å². The van der Waals surface area contributed by atoms with Crippen LogP contribution in [-0.2, 0) is 4.74 Å². The number of nitrogens with zero attached hydrogens (tertiary/aromatic N) is 2. The number of nitrogens with one attached hydrogen (secondary N) is 1. The summed E-state index contributed by atoms with van der Waals surface area (Å²) in [6.45, 7) is 1.32. The molecule has 2 amide bonds. The molecule has 0 bridgehead atoms. The number of rotatable bonds is 3. The van der Waals surface area contributed by atoms with Gasteiger partial charge in [0.1, 0.15) is 17.3 Å². The molecule has 1 heterocycles. The van der Waals surface area contributed by atoms with Crippen molar-refractivity contribution in [2.75, 3.05) is 43.5 Å². The number of amides is 2. The summed E-state index contributed by atoms with van der Waals surface area (Å²) in [4.78, 5) is 27.0. The van der Waals surface area contributed by atoms with Crippen LogP contribution in [0.15, 0.2) is 42.5 Å². The second-order valence-electron chi connectivity index (χ2n) is 6.04. The van der Waals surface area contributed by atoms with Crippen molar-refractivity contribution >= 4 is 23.4 Å². The average Bonchev–Trinajstić information content (AvgIpc) is 2.68. The first-order chi connectivity index (χ1) is 13.0. The summed E-state index contributed by atoms with van der Waals surface area (Å²) in [5.74, 6) is -1.68. The number of carbonyl (C=O) groups is 2. The monoisotopic (exact) mass is 375 g/mol. The molecule has 1 saturated heterocycles. The van der Waals surface area contributed by atoms with Crippen molar-refractivity contribution in [2.24, 2.45) is 0 Å². The molecular weight excluding hydrogens is 356 g/mol. The number of esters is 1. The van der Waals surface area contributed by atoms with Gasteiger partial charge in [0.15, 0.2) is 0 Å². The van der Waals surface area contributed by atoms with E-state index in [4.69, 9.17) is 0 Å². The van der Waals surface area contributed by atoms with E-state index >= 15 is 0 Å². The third-order valence-electron chi connectivity index (χ3n) is 4.38. The summed E-state index contributed by atoms with van der Waals surface area (Å²) in [6, 6.07) is 9.77. The van der Waals surface area contributed by atoms with Gasteiger partial charge in [0, 0.05) is 31.9 Å². The van der Waals surface area contributed by atoms with Crippen LogP contribution < -0.4 is 10.2 Å². The number of ether oxygens (including phenoxy) is 1. The highest BCUT2D eigenvalue weighted by Gasteiger charge is 2.24. The van der Waals surface area contributed by atoms with Crippen LogP contribution in [0.1, 0.15) is 10.4 Å². The van der Waals surface area contributed by atoms with Crippen LogP contribution in [0.2, 0.25) is 0 Å². The normalized spacial score (nSPS) is 14.0. The SMILES string of the molecule is COC(=O)c1ccc(NC(=O)N2CCN(c3c(F)cccc3F)CC2)cc1. The van der Waals surface area contributed by atoms with Crippen molar-refractivity contribution in [1.29, 1.82) is 0 Å². The van der Waals surface area contributed by atoms with Gasteiger partial charge in [-0.2, -0.15) is 0 Å². The molecule has 2 aromatic rings. The van der Waals surface area contributed by atoms with Crippen LogP contribution >= 0.6 is 0 Å². The van der Waals surface area contributed by atoms with Gasteiger partial charge < -0.3 is 19.9 Å². The first kappa shape index (κ1) is 18.6. The van der Waals surface area contributed by atoms with Crippen molar-refractivity contribution in [3.05, 3.63) is 59.7 Å². The molecule has 3 rings (SSSR count). The Morgan fingerprint density at radius 2 is 1.56 bits per heavy atom. The molecule has 2 aromatic carbocycles. The Morgan fingerprint density at radius 3 is 2.11 bits per heavy atom. The summed E-state index contributed by atoms with van der Waals surface area (Å²) in [5.41, 5.74) is 0.863. The van der Waals surface area contributed by atoms with E-state index in [1.54, 1.807) is 34.1 Å². The Morgan fingerprint density at radius 1 is 0.963 bits per heavy atom. The molecule has 1 aliphatic heterocycles. The minimum atomic E-state index is -0.612. The largest absolute Gasteiger partial charge is 0.465 e. The maximum absolute atomic E-state index is 13.9. The van der Waals surface area contributed by atoms with Crippen LogP contribution in [0, 0.1) is 11.6 Å². The molecule has 27 heavy (non-hydrogen) atoms. The van der Waals surface area contributed by atoms with Gasteiger partial charge in [0.2, 0.25) is 0 Å². The number of halogens is 2. The third kappa shape index (κ3) is 4.16. The van der Waals surface area contributed by atoms with E-state index in [1.165, 1.54) is 25.3 Å². The number of urea groups is 1. The zero-order valence-corrected chi connectivity index (χ0v) is 14.7. The number of carbonyl (C=O) groups excluding carboxylic acids is 2. The summed E-state index contributed by atoms with van der Waals surface area (Å²) in [6.07, 6.45) is 0. The van der Waals surface area contributed by atoms with E-state index in [-0.39, 0.29) is 11.7 Å². The highest BCUT2D eigenvalue weighted by atomic mass is 19.1. The zero-order valence-electron chi connectivity index (χ0n) is 14.7. The Hall–Kier alpha value is -3.16. The van der Waals surface area contributed by atoms with Crippen molar-refractivity contribution in [2.45, 2.75) is 0 Å². The maximum atomic E-state index is 13.9. The van der Waals surface area contributed by atoms with Crippen LogP contribution in [0.5, 0.6) is 0 Å². The Balaban J connectivity index is 1.58. The van der Waals surface area contributed by atoms with E-state index in [0.717, 1.165) is 0 Å². The molecule has 1 N–H and O–H groups in total. The fraction of sp³-hybridized carbons (Fsp3) is 0.263. The molecule has 8 heteroatoms. The topological polar surface area (TPSA) is 61.9 Å². The zero-order chi connectivity index (χ0) is 19.4. The van der Waals surface area contributed by atoms with Crippen LogP contribution in [0.4, 0.5) is 25.0 Å². The lowest BCUT2D eigenvalue weighted by atomic mass is 10.2. The first-order valence-electron chi connectivity index (χ1n) is 8.43. The minimum Gasteiger partial charge on any atom is -0.465 e. The molecule has 0 saturated carbocycles. The lowest BCUT2D eigenvalue weighted by Gasteiger charge is -2.36. The maximum Gasteiger partial charge on any atom is 0.337 e. The van der Waals surface area contributed by atoms with Gasteiger partial charge in [0.25, 0.3) is 0 Å². The number of anilines is 2. The highest BCUT2D eigenvalue weighted by Crippen LogP contribution is 2.24. The molecule has 0 aromatic heterocycles. The molecular formula is C19H19F2N3O3. The van der Waals surface area contributed by atoms with Gasteiger partial charge in [0.05, 0.1) is 12.7 Å². The molecule has 1 aliphatic rings. The van der Waals surface area contributed by atoms with E-state index < -0.39 is 17.6 Å². The molecule has 0 aliphatic carbocycles. The molecule has 0 spiro atoms. The highest BCUT2D eigenvalue weighted by molar-refractivity contribution is 5.92. The summed E-state index contributed by atoms with van der Waals surface area (Å²) in [7, 11) is 1.30. The minimum absolute atomic E-state index is 0.0593. The van der Waals surface area contributed by atoms with E-state index in [1.807, 2.05) is 0 Å². The van der Waals surface area contributed by atoms with Crippen molar-refractivity contribution in [3.63, 3.8) is 0 Å². The van der Waals surface area contributed by atoms with Crippen molar-refractivity contribution < 1.29 is 23.1 Å². The van der Waals surface area contributed by atoms with E-state index in [9.17, 15) is 18.4 Å². The van der Waals surface area contributed by atoms with Gasteiger partial charge >= 0.3 is 12.0 Å². The predicted octanol–water partition coefficient (Wildman–Crippen LogP) is 3.11. The number of piperazine rings is 1. The molecule has 6 nitrogen and oxygen atoms in total.